The number of benzene rings is 2. The van der Waals surface area contributed by atoms with Crippen LogP contribution in [0.3, 0.4) is 0 Å². The zero-order chi connectivity index (χ0) is 16.8. The highest BCUT2D eigenvalue weighted by Crippen LogP contribution is 2.23. The number of hydrazone groups is 1. The highest BCUT2D eigenvalue weighted by atomic mass is 35.5. The van der Waals surface area contributed by atoms with Gasteiger partial charge in [-0.3, -0.25) is 5.43 Å². The van der Waals surface area contributed by atoms with Crippen LogP contribution in [0.25, 0.3) is 0 Å². The molecule has 0 fully saturated rings. The van der Waals surface area contributed by atoms with E-state index in [2.05, 4.69) is 15.3 Å². The molecule has 0 aliphatic rings. The SMILES string of the molecule is O=C([O-])c1ccc(Cl)c(N/N=C\c2ccccc2OC(F)F)c1. The smallest absolute Gasteiger partial charge is 0.387 e. The summed E-state index contributed by atoms with van der Waals surface area (Å²) in [6.45, 7) is -2.95. The summed E-state index contributed by atoms with van der Waals surface area (Å²) >= 11 is 5.91. The van der Waals surface area contributed by atoms with E-state index in [1.807, 2.05) is 0 Å². The molecule has 120 valence electrons. The van der Waals surface area contributed by atoms with E-state index in [-0.39, 0.29) is 22.0 Å². The Morgan fingerprint density at radius 3 is 2.74 bits per heavy atom. The summed E-state index contributed by atoms with van der Waals surface area (Å²) in [5.74, 6) is -1.40. The predicted molar refractivity (Wildman–Crippen MR) is 80.1 cm³/mol. The maximum Gasteiger partial charge on any atom is 0.387 e. The van der Waals surface area contributed by atoms with Crippen molar-refractivity contribution in [3.8, 4) is 5.75 Å². The Morgan fingerprint density at radius 1 is 1.30 bits per heavy atom. The number of halogens is 3. The second-order valence-corrected chi connectivity index (χ2v) is 4.68. The van der Waals surface area contributed by atoms with Crippen molar-refractivity contribution < 1.29 is 23.4 Å². The van der Waals surface area contributed by atoms with Crippen LogP contribution in [-0.4, -0.2) is 18.8 Å². The molecule has 0 radical (unpaired) electrons. The number of rotatable bonds is 6. The number of hydrogen-bond donors (Lipinski definition) is 1. The third-order valence-corrected chi connectivity index (χ3v) is 3.06. The molecule has 2 rings (SSSR count). The first kappa shape index (κ1) is 16.7. The van der Waals surface area contributed by atoms with Gasteiger partial charge in [-0.15, -0.1) is 0 Å². The molecule has 0 unspecified atom stereocenters. The summed E-state index contributed by atoms with van der Waals surface area (Å²) in [5, 5.41) is 14.9. The van der Waals surface area contributed by atoms with Gasteiger partial charge in [0.2, 0.25) is 0 Å². The molecule has 2 aromatic rings. The first-order valence-corrected chi connectivity index (χ1v) is 6.69. The minimum atomic E-state index is -2.95. The first-order chi connectivity index (χ1) is 11.0. The average Bonchev–Trinajstić information content (AvgIpc) is 2.50. The fraction of sp³-hybridized carbons (Fsp3) is 0.0667. The molecule has 0 saturated heterocycles. The third kappa shape index (κ3) is 4.65. The number of nitrogens with zero attached hydrogens (tertiary/aromatic N) is 1. The van der Waals surface area contributed by atoms with Gasteiger partial charge in [-0.2, -0.15) is 13.9 Å². The number of ether oxygens (including phenoxy) is 1. The number of alkyl halides is 2. The molecule has 0 amide bonds. The van der Waals surface area contributed by atoms with Gasteiger partial charge in [-0.05, 0) is 29.8 Å². The van der Waals surface area contributed by atoms with Crippen LogP contribution in [0.4, 0.5) is 14.5 Å². The Morgan fingerprint density at radius 2 is 2.04 bits per heavy atom. The maximum atomic E-state index is 12.3. The summed E-state index contributed by atoms with van der Waals surface area (Å²) in [4.78, 5) is 10.8. The van der Waals surface area contributed by atoms with E-state index >= 15 is 0 Å². The zero-order valence-corrected chi connectivity index (χ0v) is 12.3. The van der Waals surface area contributed by atoms with Crippen molar-refractivity contribution in [3.63, 3.8) is 0 Å². The van der Waals surface area contributed by atoms with E-state index in [1.165, 1.54) is 36.5 Å². The molecule has 0 atom stereocenters. The fourth-order valence-electron chi connectivity index (χ4n) is 1.70. The normalized spacial score (nSPS) is 11.0. The molecule has 2 aromatic carbocycles. The van der Waals surface area contributed by atoms with Gasteiger partial charge in [0.25, 0.3) is 0 Å². The van der Waals surface area contributed by atoms with Crippen LogP contribution in [-0.2, 0) is 0 Å². The van der Waals surface area contributed by atoms with Crippen molar-refractivity contribution in [2.45, 2.75) is 6.61 Å². The van der Waals surface area contributed by atoms with Crippen molar-refractivity contribution >= 4 is 29.5 Å². The largest absolute Gasteiger partial charge is 0.545 e. The Labute approximate surface area is 135 Å². The number of hydrogen-bond acceptors (Lipinski definition) is 5. The number of anilines is 1. The number of carbonyl (C=O) groups is 1. The van der Waals surface area contributed by atoms with Crippen molar-refractivity contribution in [2.24, 2.45) is 5.10 Å². The van der Waals surface area contributed by atoms with Crippen LogP contribution in [0.2, 0.25) is 5.02 Å². The van der Waals surface area contributed by atoms with Gasteiger partial charge < -0.3 is 14.6 Å². The summed E-state index contributed by atoms with van der Waals surface area (Å²) in [6.07, 6.45) is 1.25. The topological polar surface area (TPSA) is 73.8 Å². The lowest BCUT2D eigenvalue weighted by Gasteiger charge is -2.09. The van der Waals surface area contributed by atoms with Crippen LogP contribution in [0.15, 0.2) is 47.6 Å². The summed E-state index contributed by atoms with van der Waals surface area (Å²) in [7, 11) is 0. The molecule has 0 aliphatic heterocycles. The molecular formula is C15H10ClF2N2O3-. The molecule has 1 N–H and O–H groups in total. The zero-order valence-electron chi connectivity index (χ0n) is 11.5. The molecular weight excluding hydrogens is 330 g/mol. The van der Waals surface area contributed by atoms with Crippen LogP contribution >= 0.6 is 11.6 Å². The molecule has 8 heteroatoms. The van der Waals surface area contributed by atoms with Crippen LogP contribution in [0.5, 0.6) is 5.75 Å². The van der Waals surface area contributed by atoms with E-state index in [0.717, 1.165) is 0 Å². The average molecular weight is 340 g/mol. The van der Waals surface area contributed by atoms with Gasteiger partial charge in [0.1, 0.15) is 5.75 Å². The van der Waals surface area contributed by atoms with Crippen molar-refractivity contribution in [1.82, 2.24) is 0 Å². The Kier molecular flexibility index (Phi) is 5.48. The van der Waals surface area contributed by atoms with E-state index in [1.54, 1.807) is 12.1 Å². The second kappa shape index (κ2) is 7.55. The van der Waals surface area contributed by atoms with Gasteiger partial charge in [-0.1, -0.05) is 29.8 Å². The quantitative estimate of drug-likeness (QED) is 0.648. The number of carboxylic acids is 1. The van der Waals surface area contributed by atoms with E-state index in [4.69, 9.17) is 11.6 Å². The lowest BCUT2D eigenvalue weighted by atomic mass is 10.2. The minimum Gasteiger partial charge on any atom is -0.545 e. The lowest BCUT2D eigenvalue weighted by Crippen LogP contribution is -2.22. The Bertz CT molecular complexity index is 738. The third-order valence-electron chi connectivity index (χ3n) is 2.73. The summed E-state index contributed by atoms with van der Waals surface area (Å²) < 4.78 is 29.0. The molecule has 5 nitrogen and oxygen atoms in total. The predicted octanol–water partition coefficient (Wildman–Crippen LogP) is 2.75. The monoisotopic (exact) mass is 339 g/mol. The standard InChI is InChI=1S/C15H11ClF2N2O3/c16-11-6-5-9(14(21)22)7-12(11)20-19-8-10-3-1-2-4-13(10)23-15(17)18/h1-8,15,20H,(H,21,22)/p-1/b19-8-. The van der Waals surface area contributed by atoms with Crippen molar-refractivity contribution in [1.29, 1.82) is 0 Å². The number of carboxylic acid groups (broad SMARTS) is 1. The van der Waals surface area contributed by atoms with Crippen molar-refractivity contribution in [3.05, 3.63) is 58.6 Å². The first-order valence-electron chi connectivity index (χ1n) is 6.31. The number of para-hydroxylation sites is 1. The van der Waals surface area contributed by atoms with Gasteiger partial charge in [0.15, 0.2) is 0 Å². The molecule has 0 saturated carbocycles. The van der Waals surface area contributed by atoms with Gasteiger partial charge in [-0.25, -0.2) is 0 Å². The molecule has 0 aromatic heterocycles. The number of nitrogens with one attached hydrogen (secondary N) is 1. The Hall–Kier alpha value is -2.67. The van der Waals surface area contributed by atoms with E-state index in [9.17, 15) is 18.7 Å². The summed E-state index contributed by atoms with van der Waals surface area (Å²) in [5.41, 5.74) is 3.01. The van der Waals surface area contributed by atoms with Crippen LogP contribution in [0, 0.1) is 0 Å². The van der Waals surface area contributed by atoms with Crippen molar-refractivity contribution in [2.75, 3.05) is 5.43 Å². The van der Waals surface area contributed by atoms with E-state index in [0.29, 0.717) is 5.56 Å². The highest BCUT2D eigenvalue weighted by molar-refractivity contribution is 6.33. The molecule has 0 spiro atoms. The molecule has 23 heavy (non-hydrogen) atoms. The van der Waals surface area contributed by atoms with Crippen LogP contribution in [0.1, 0.15) is 15.9 Å². The Balaban J connectivity index is 2.16. The number of carbonyl (C=O) groups excluding carboxylic acids is 1. The van der Waals surface area contributed by atoms with Gasteiger partial charge >= 0.3 is 6.61 Å². The number of aromatic carboxylic acids is 1. The fourth-order valence-corrected chi connectivity index (χ4v) is 1.86. The molecule has 0 bridgehead atoms. The second-order valence-electron chi connectivity index (χ2n) is 4.27. The summed E-state index contributed by atoms with van der Waals surface area (Å²) in [6, 6.07) is 9.98. The van der Waals surface area contributed by atoms with Gasteiger partial charge in [0, 0.05) is 5.56 Å². The highest BCUT2D eigenvalue weighted by Gasteiger charge is 2.07. The molecule has 0 heterocycles. The minimum absolute atomic E-state index is 0.0392. The van der Waals surface area contributed by atoms with E-state index < -0.39 is 12.6 Å². The van der Waals surface area contributed by atoms with Gasteiger partial charge in [0.05, 0.1) is 22.9 Å². The molecule has 0 aliphatic carbocycles. The maximum absolute atomic E-state index is 12.3. The van der Waals surface area contributed by atoms with Crippen LogP contribution < -0.4 is 15.3 Å². The lowest BCUT2D eigenvalue weighted by molar-refractivity contribution is -0.255.